The minimum atomic E-state index is -0.283. The second-order valence-corrected chi connectivity index (χ2v) is 4.72. The number of hydrogen-bond acceptors (Lipinski definition) is 1. The van der Waals surface area contributed by atoms with E-state index in [4.69, 9.17) is 0 Å². The van der Waals surface area contributed by atoms with E-state index >= 15 is 0 Å². The fourth-order valence-electron chi connectivity index (χ4n) is 2.26. The van der Waals surface area contributed by atoms with E-state index in [1.807, 2.05) is 24.3 Å². The van der Waals surface area contributed by atoms with Crippen LogP contribution in [0.2, 0.25) is 0 Å². The highest BCUT2D eigenvalue weighted by atomic mass is 19.1. The minimum Gasteiger partial charge on any atom is -0.310 e. The van der Waals surface area contributed by atoms with Crippen LogP contribution in [0.15, 0.2) is 54.6 Å². The first-order valence-electron chi connectivity index (χ1n) is 6.51. The Bertz CT molecular complexity index is 794. The Morgan fingerprint density at radius 2 is 1.71 bits per heavy atom. The summed E-state index contributed by atoms with van der Waals surface area (Å²) < 4.78 is 12.8. The minimum absolute atomic E-state index is 0.0274. The number of amides is 1. The van der Waals surface area contributed by atoms with Crippen LogP contribution in [0.5, 0.6) is 0 Å². The maximum Gasteiger partial charge on any atom is 0.258 e. The Morgan fingerprint density at radius 1 is 1.05 bits per heavy atom. The Morgan fingerprint density at radius 3 is 2.43 bits per heavy atom. The molecular weight excluding hydrogens is 265 g/mol. The molecule has 1 heterocycles. The van der Waals surface area contributed by atoms with Gasteiger partial charge < -0.3 is 4.90 Å². The van der Waals surface area contributed by atoms with E-state index in [0.717, 1.165) is 16.8 Å². The molecule has 2 nitrogen and oxygen atoms in total. The largest absolute Gasteiger partial charge is 0.310 e. The van der Waals surface area contributed by atoms with E-state index < -0.39 is 0 Å². The zero-order valence-corrected chi connectivity index (χ0v) is 11.4. The van der Waals surface area contributed by atoms with E-state index in [1.54, 1.807) is 30.2 Å². The van der Waals surface area contributed by atoms with Gasteiger partial charge in [0.15, 0.2) is 0 Å². The Kier molecular flexibility index (Phi) is 3.29. The van der Waals surface area contributed by atoms with Crippen molar-refractivity contribution >= 4 is 11.6 Å². The standard InChI is InChI=1S/C18H12FNO/c1-20-17(15-6-2-3-7-16(15)18(20)21)8-4-5-13-9-11-14(19)12-10-13/h2-3,6-12H,1H3/b17-8-. The van der Waals surface area contributed by atoms with Gasteiger partial charge in [-0.25, -0.2) is 4.39 Å². The summed E-state index contributed by atoms with van der Waals surface area (Å²) in [6, 6.07) is 13.4. The highest BCUT2D eigenvalue weighted by Crippen LogP contribution is 2.30. The summed E-state index contributed by atoms with van der Waals surface area (Å²) in [6.07, 6.45) is 1.72. The van der Waals surface area contributed by atoms with E-state index in [0.29, 0.717) is 5.56 Å². The maximum absolute atomic E-state index is 12.8. The topological polar surface area (TPSA) is 20.3 Å². The molecule has 2 aromatic rings. The fraction of sp³-hybridized carbons (Fsp3) is 0.0556. The predicted octanol–water partition coefficient (Wildman–Crippen LogP) is 3.30. The third kappa shape index (κ3) is 2.44. The van der Waals surface area contributed by atoms with Crippen LogP contribution in [-0.4, -0.2) is 17.9 Å². The quantitative estimate of drug-likeness (QED) is 0.677. The van der Waals surface area contributed by atoms with Gasteiger partial charge in [0.05, 0.1) is 5.70 Å². The number of rotatable bonds is 0. The first-order chi connectivity index (χ1) is 10.2. The van der Waals surface area contributed by atoms with Gasteiger partial charge >= 0.3 is 0 Å². The van der Waals surface area contributed by atoms with Crippen molar-refractivity contribution in [1.29, 1.82) is 0 Å². The molecule has 0 fully saturated rings. The molecule has 0 atom stereocenters. The van der Waals surface area contributed by atoms with Crippen molar-refractivity contribution in [2.24, 2.45) is 0 Å². The molecule has 21 heavy (non-hydrogen) atoms. The molecule has 1 aliphatic heterocycles. The molecule has 2 aromatic carbocycles. The molecule has 0 aromatic heterocycles. The van der Waals surface area contributed by atoms with Gasteiger partial charge in [0, 0.05) is 29.8 Å². The Balaban J connectivity index is 1.94. The van der Waals surface area contributed by atoms with Gasteiger partial charge in [0.1, 0.15) is 5.82 Å². The van der Waals surface area contributed by atoms with Crippen molar-refractivity contribution in [3.05, 3.63) is 77.1 Å². The molecule has 3 rings (SSSR count). The van der Waals surface area contributed by atoms with Crippen LogP contribution in [0.3, 0.4) is 0 Å². The normalized spacial score (nSPS) is 14.9. The van der Waals surface area contributed by atoms with Gasteiger partial charge in [-0.3, -0.25) is 4.79 Å². The first-order valence-corrected chi connectivity index (χ1v) is 6.51. The number of carbonyl (C=O) groups is 1. The summed E-state index contributed by atoms with van der Waals surface area (Å²) in [5.74, 6) is 5.55. The smallest absolute Gasteiger partial charge is 0.258 e. The van der Waals surface area contributed by atoms with Crippen LogP contribution >= 0.6 is 0 Å². The van der Waals surface area contributed by atoms with Crippen molar-refractivity contribution in [3.8, 4) is 11.8 Å². The third-order valence-electron chi connectivity index (χ3n) is 3.37. The van der Waals surface area contributed by atoms with Crippen LogP contribution in [-0.2, 0) is 0 Å². The molecule has 0 aliphatic carbocycles. The van der Waals surface area contributed by atoms with Crippen molar-refractivity contribution in [2.45, 2.75) is 0 Å². The SMILES string of the molecule is CN1C(=O)c2ccccc2/C1=C/C#Cc1ccc(F)cc1. The number of nitrogens with zero attached hydrogens (tertiary/aromatic N) is 1. The predicted molar refractivity (Wildman–Crippen MR) is 79.8 cm³/mol. The third-order valence-corrected chi connectivity index (χ3v) is 3.37. The molecule has 3 heteroatoms. The van der Waals surface area contributed by atoms with Crippen LogP contribution in [0.1, 0.15) is 21.5 Å². The zero-order chi connectivity index (χ0) is 14.8. The first kappa shape index (κ1) is 13.1. The van der Waals surface area contributed by atoms with E-state index in [1.165, 1.54) is 12.1 Å². The lowest BCUT2D eigenvalue weighted by molar-refractivity contribution is 0.0874. The number of halogens is 1. The highest BCUT2D eigenvalue weighted by Gasteiger charge is 2.28. The summed E-state index contributed by atoms with van der Waals surface area (Å²) in [5, 5.41) is 0. The molecule has 0 unspecified atom stereocenters. The average Bonchev–Trinajstić information content (AvgIpc) is 2.75. The van der Waals surface area contributed by atoms with Gasteiger partial charge in [-0.1, -0.05) is 30.0 Å². The lowest BCUT2D eigenvalue weighted by atomic mass is 10.1. The summed E-state index contributed by atoms with van der Waals surface area (Å²) in [5.41, 5.74) is 3.09. The number of carbonyl (C=O) groups excluding carboxylic acids is 1. The molecule has 1 amide bonds. The number of benzene rings is 2. The van der Waals surface area contributed by atoms with Crippen molar-refractivity contribution in [2.75, 3.05) is 7.05 Å². The molecule has 1 aliphatic rings. The van der Waals surface area contributed by atoms with Crippen LogP contribution in [0, 0.1) is 17.7 Å². The zero-order valence-electron chi connectivity index (χ0n) is 11.4. The van der Waals surface area contributed by atoms with Gasteiger partial charge in [-0.15, -0.1) is 0 Å². The van der Waals surface area contributed by atoms with Crippen molar-refractivity contribution < 1.29 is 9.18 Å². The molecule has 0 saturated heterocycles. The van der Waals surface area contributed by atoms with Gasteiger partial charge in [-0.2, -0.15) is 0 Å². The molecule has 102 valence electrons. The molecular formula is C18H12FNO. The lowest BCUT2D eigenvalue weighted by Gasteiger charge is -2.09. The molecule has 0 spiro atoms. The Labute approximate surface area is 122 Å². The van der Waals surface area contributed by atoms with Crippen molar-refractivity contribution in [3.63, 3.8) is 0 Å². The number of allylic oxidation sites excluding steroid dienone is 1. The van der Waals surface area contributed by atoms with E-state index in [9.17, 15) is 9.18 Å². The molecule has 0 radical (unpaired) electrons. The summed E-state index contributed by atoms with van der Waals surface area (Å²) in [6.45, 7) is 0. The summed E-state index contributed by atoms with van der Waals surface area (Å²) >= 11 is 0. The van der Waals surface area contributed by atoms with Crippen LogP contribution < -0.4 is 0 Å². The average molecular weight is 277 g/mol. The molecule has 0 N–H and O–H groups in total. The highest BCUT2D eigenvalue weighted by molar-refractivity contribution is 6.09. The monoisotopic (exact) mass is 277 g/mol. The maximum atomic E-state index is 12.8. The van der Waals surface area contributed by atoms with E-state index in [-0.39, 0.29) is 11.7 Å². The van der Waals surface area contributed by atoms with Gasteiger partial charge in [0.25, 0.3) is 5.91 Å². The Hall–Kier alpha value is -2.86. The summed E-state index contributed by atoms with van der Waals surface area (Å²) in [4.78, 5) is 13.7. The van der Waals surface area contributed by atoms with Gasteiger partial charge in [-0.05, 0) is 30.3 Å². The summed E-state index contributed by atoms with van der Waals surface area (Å²) in [7, 11) is 1.73. The molecule has 0 bridgehead atoms. The lowest BCUT2D eigenvalue weighted by Crippen LogP contribution is -2.16. The number of fused-ring (bicyclic) bond motifs is 1. The second-order valence-electron chi connectivity index (χ2n) is 4.72. The second kappa shape index (κ2) is 5.26. The van der Waals surface area contributed by atoms with Gasteiger partial charge in [0.2, 0.25) is 0 Å². The van der Waals surface area contributed by atoms with Crippen LogP contribution in [0.25, 0.3) is 5.70 Å². The number of hydrogen-bond donors (Lipinski definition) is 0. The molecule has 0 saturated carbocycles. The van der Waals surface area contributed by atoms with E-state index in [2.05, 4.69) is 11.8 Å². The van der Waals surface area contributed by atoms with Crippen molar-refractivity contribution in [1.82, 2.24) is 4.90 Å². The van der Waals surface area contributed by atoms with Crippen LogP contribution in [0.4, 0.5) is 4.39 Å². The fourth-order valence-corrected chi connectivity index (χ4v) is 2.26.